The zero-order valence-corrected chi connectivity index (χ0v) is 22.6. The van der Waals surface area contributed by atoms with Gasteiger partial charge in [0.1, 0.15) is 0 Å². The van der Waals surface area contributed by atoms with Crippen molar-refractivity contribution in [2.24, 2.45) is 0 Å². The van der Waals surface area contributed by atoms with E-state index in [-0.39, 0.29) is 5.41 Å². The third-order valence-electron chi connectivity index (χ3n) is 9.34. The van der Waals surface area contributed by atoms with E-state index in [1.54, 1.807) is 0 Å². The van der Waals surface area contributed by atoms with Gasteiger partial charge in [0.25, 0.3) is 0 Å². The summed E-state index contributed by atoms with van der Waals surface area (Å²) in [5.74, 6) is 0. The fourth-order valence-corrected chi connectivity index (χ4v) is 7.62. The van der Waals surface area contributed by atoms with E-state index >= 15 is 0 Å². The number of hydrogen-bond acceptors (Lipinski definition) is 0. The minimum atomic E-state index is -0.0999. The molecule has 40 heavy (non-hydrogen) atoms. The first kappa shape index (κ1) is 22.0. The van der Waals surface area contributed by atoms with Crippen molar-refractivity contribution in [1.29, 1.82) is 0 Å². The fraction of sp³-hybridized carbons (Fsp3) is 0.0769. The number of aromatic nitrogens is 1. The van der Waals surface area contributed by atoms with Crippen LogP contribution in [0.1, 0.15) is 25.0 Å². The van der Waals surface area contributed by atoms with E-state index in [0.717, 1.165) is 0 Å². The van der Waals surface area contributed by atoms with Crippen molar-refractivity contribution in [1.82, 2.24) is 4.57 Å². The first-order valence-electron chi connectivity index (χ1n) is 14.1. The van der Waals surface area contributed by atoms with E-state index in [9.17, 15) is 0 Å². The van der Waals surface area contributed by atoms with Crippen LogP contribution in [-0.4, -0.2) is 4.57 Å². The van der Waals surface area contributed by atoms with Crippen LogP contribution in [-0.2, 0) is 5.41 Å². The number of rotatable bonds is 1. The van der Waals surface area contributed by atoms with Crippen LogP contribution in [0.2, 0.25) is 0 Å². The molecule has 1 aliphatic rings. The molecular formula is C39H27N. The molecule has 1 nitrogen and oxygen atoms in total. The van der Waals surface area contributed by atoms with Crippen LogP contribution < -0.4 is 0 Å². The van der Waals surface area contributed by atoms with Crippen molar-refractivity contribution in [3.63, 3.8) is 0 Å². The fourth-order valence-electron chi connectivity index (χ4n) is 7.62. The van der Waals surface area contributed by atoms with E-state index in [0.29, 0.717) is 0 Å². The third kappa shape index (κ3) is 2.67. The lowest BCUT2D eigenvalue weighted by molar-refractivity contribution is 0.664. The van der Waals surface area contributed by atoms with Crippen molar-refractivity contribution in [3.05, 3.63) is 139 Å². The summed E-state index contributed by atoms with van der Waals surface area (Å²) in [5.41, 5.74) is 9.23. The third-order valence-corrected chi connectivity index (χ3v) is 9.34. The van der Waals surface area contributed by atoms with Gasteiger partial charge in [-0.1, -0.05) is 123 Å². The predicted molar refractivity (Wildman–Crippen MR) is 171 cm³/mol. The van der Waals surface area contributed by atoms with Gasteiger partial charge in [0, 0.05) is 21.9 Å². The van der Waals surface area contributed by atoms with E-state index in [4.69, 9.17) is 0 Å². The molecule has 1 heteroatoms. The largest absolute Gasteiger partial charge is 0.309 e. The van der Waals surface area contributed by atoms with Crippen LogP contribution in [0, 0.1) is 0 Å². The van der Waals surface area contributed by atoms with Gasteiger partial charge in [-0.2, -0.15) is 0 Å². The summed E-state index contributed by atoms with van der Waals surface area (Å²) in [6.45, 7) is 4.78. The van der Waals surface area contributed by atoms with Crippen LogP contribution >= 0.6 is 0 Å². The Morgan fingerprint density at radius 2 is 1.00 bits per heavy atom. The normalized spacial score (nSPS) is 13.9. The Labute approximate surface area is 232 Å². The van der Waals surface area contributed by atoms with Crippen molar-refractivity contribution in [2.45, 2.75) is 19.3 Å². The van der Waals surface area contributed by atoms with Gasteiger partial charge in [-0.05, 0) is 72.8 Å². The first-order valence-corrected chi connectivity index (χ1v) is 14.1. The van der Waals surface area contributed by atoms with Gasteiger partial charge in [-0.25, -0.2) is 0 Å². The van der Waals surface area contributed by atoms with Crippen LogP contribution in [0.5, 0.6) is 0 Å². The average molecular weight is 510 g/mol. The lowest BCUT2D eigenvalue weighted by Crippen LogP contribution is -2.16. The highest BCUT2D eigenvalue weighted by Gasteiger charge is 2.38. The Kier molecular flexibility index (Phi) is 4.18. The highest BCUT2D eigenvalue weighted by Crippen LogP contribution is 2.53. The van der Waals surface area contributed by atoms with Gasteiger partial charge < -0.3 is 4.57 Å². The molecule has 188 valence electrons. The van der Waals surface area contributed by atoms with Crippen molar-refractivity contribution < 1.29 is 0 Å². The lowest BCUT2D eigenvalue weighted by atomic mass is 9.81. The topological polar surface area (TPSA) is 4.93 Å². The second kappa shape index (κ2) is 7.61. The van der Waals surface area contributed by atoms with Crippen molar-refractivity contribution >= 4 is 54.1 Å². The standard InChI is InChI=1S/C39H27N/c1-39(2)35-17-9-7-15-30(35)32-21-22-33-31-16-8-10-18-36(31)40(38(33)37(32)39)24-19-20-29-27-13-4-3-11-25(27)26-12-5-6-14-28(26)34(29)23-24/h3-23H,1-2H3. The van der Waals surface area contributed by atoms with E-state index < -0.39 is 0 Å². The molecule has 0 radical (unpaired) electrons. The molecule has 0 spiro atoms. The van der Waals surface area contributed by atoms with Crippen LogP contribution in [0.3, 0.4) is 0 Å². The van der Waals surface area contributed by atoms with Gasteiger partial charge in [0.15, 0.2) is 0 Å². The maximum Gasteiger partial charge on any atom is 0.0588 e. The van der Waals surface area contributed by atoms with Crippen molar-refractivity contribution in [3.8, 4) is 16.8 Å². The Balaban J connectivity index is 1.46. The summed E-state index contributed by atoms with van der Waals surface area (Å²) in [6.07, 6.45) is 0. The predicted octanol–water partition coefficient (Wildman–Crippen LogP) is 10.5. The van der Waals surface area contributed by atoms with Crippen molar-refractivity contribution in [2.75, 3.05) is 0 Å². The van der Waals surface area contributed by atoms with Crippen LogP contribution in [0.25, 0.3) is 70.9 Å². The SMILES string of the molecule is CC1(C)c2ccccc2-c2ccc3c4ccccc4n(-c4ccc5c6ccccc6c6ccccc6c5c4)c3c21. The number of nitrogens with zero attached hydrogens (tertiary/aromatic N) is 1. The van der Waals surface area contributed by atoms with Crippen LogP contribution in [0.4, 0.5) is 0 Å². The van der Waals surface area contributed by atoms with Gasteiger partial charge in [-0.3, -0.25) is 0 Å². The molecule has 1 aliphatic carbocycles. The second-order valence-electron chi connectivity index (χ2n) is 11.7. The smallest absolute Gasteiger partial charge is 0.0588 e. The number of benzene rings is 7. The summed E-state index contributed by atoms with van der Waals surface area (Å²) in [4.78, 5) is 0. The molecule has 0 unspecified atom stereocenters. The summed E-state index contributed by atoms with van der Waals surface area (Å²) >= 11 is 0. The second-order valence-corrected chi connectivity index (χ2v) is 11.7. The lowest BCUT2D eigenvalue weighted by Gasteiger charge is -2.24. The van der Waals surface area contributed by atoms with Crippen LogP contribution in [0.15, 0.2) is 127 Å². The molecule has 0 saturated carbocycles. The molecule has 9 rings (SSSR count). The molecule has 0 saturated heterocycles. The average Bonchev–Trinajstić information content (AvgIpc) is 3.46. The molecule has 8 aromatic rings. The Morgan fingerprint density at radius 1 is 0.450 bits per heavy atom. The molecule has 0 amide bonds. The molecule has 0 aliphatic heterocycles. The molecular weight excluding hydrogens is 482 g/mol. The Morgan fingerprint density at radius 3 is 1.73 bits per heavy atom. The highest BCUT2D eigenvalue weighted by atomic mass is 15.0. The van der Waals surface area contributed by atoms with Gasteiger partial charge in [0.2, 0.25) is 0 Å². The first-order chi connectivity index (χ1) is 19.6. The summed E-state index contributed by atoms with van der Waals surface area (Å²) in [7, 11) is 0. The molecule has 1 aromatic heterocycles. The monoisotopic (exact) mass is 509 g/mol. The Bertz CT molecular complexity index is 2310. The molecule has 0 atom stereocenters. The highest BCUT2D eigenvalue weighted by molar-refractivity contribution is 6.25. The number of para-hydroxylation sites is 1. The van der Waals surface area contributed by atoms with E-state index in [1.807, 2.05) is 0 Å². The quantitative estimate of drug-likeness (QED) is 0.194. The van der Waals surface area contributed by atoms with Gasteiger partial charge in [-0.15, -0.1) is 0 Å². The van der Waals surface area contributed by atoms with E-state index in [2.05, 4.69) is 146 Å². The Hall–Kier alpha value is -4.88. The van der Waals surface area contributed by atoms with Gasteiger partial charge in [0.05, 0.1) is 11.0 Å². The zero-order valence-electron chi connectivity index (χ0n) is 22.6. The number of hydrogen-bond donors (Lipinski definition) is 0. The molecule has 1 heterocycles. The summed E-state index contributed by atoms with van der Waals surface area (Å²) in [5, 5.41) is 10.5. The molecule has 0 fully saturated rings. The minimum Gasteiger partial charge on any atom is -0.309 e. The maximum absolute atomic E-state index is 2.53. The number of fused-ring (bicyclic) bond motifs is 13. The summed E-state index contributed by atoms with van der Waals surface area (Å²) < 4.78 is 2.53. The van der Waals surface area contributed by atoms with E-state index in [1.165, 1.54) is 82.1 Å². The minimum absolute atomic E-state index is 0.0999. The molecule has 0 bridgehead atoms. The summed E-state index contributed by atoms with van der Waals surface area (Å²) in [6, 6.07) is 47.3. The maximum atomic E-state index is 2.53. The molecule has 0 N–H and O–H groups in total. The molecule has 7 aromatic carbocycles. The van der Waals surface area contributed by atoms with Gasteiger partial charge >= 0.3 is 0 Å². The zero-order chi connectivity index (χ0) is 26.6.